The van der Waals surface area contributed by atoms with Crippen LogP contribution in [0.1, 0.15) is 36.1 Å². The van der Waals surface area contributed by atoms with E-state index in [4.69, 9.17) is 4.98 Å². The van der Waals surface area contributed by atoms with Crippen LogP contribution in [0.2, 0.25) is 0 Å². The molecule has 3 rings (SSSR count). The first-order valence-corrected chi connectivity index (χ1v) is 8.12. The van der Waals surface area contributed by atoms with Crippen LogP contribution < -0.4 is 0 Å². The number of rotatable bonds is 3. The molecule has 0 bridgehead atoms. The minimum absolute atomic E-state index is 1.05. The van der Waals surface area contributed by atoms with Gasteiger partial charge in [0.1, 0.15) is 0 Å². The molecule has 1 aromatic heterocycles. The molecule has 2 aromatic carbocycles. The quantitative estimate of drug-likeness (QED) is 0.607. The van der Waals surface area contributed by atoms with Gasteiger partial charge in [-0.25, -0.2) is 4.98 Å². The molecule has 3 aromatic rings. The van der Waals surface area contributed by atoms with Gasteiger partial charge in [-0.1, -0.05) is 43.2 Å². The van der Waals surface area contributed by atoms with Crippen LogP contribution in [0.4, 0.5) is 0 Å². The van der Waals surface area contributed by atoms with Gasteiger partial charge in [0.2, 0.25) is 0 Å². The lowest BCUT2D eigenvalue weighted by molar-refractivity contribution is 1.10. The molecular formula is C21H23N. The summed E-state index contributed by atoms with van der Waals surface area (Å²) in [5.74, 6) is 0. The third-order valence-corrected chi connectivity index (χ3v) is 4.26. The molecule has 1 heteroatoms. The second kappa shape index (κ2) is 5.92. The van der Waals surface area contributed by atoms with E-state index in [-0.39, 0.29) is 0 Å². The SMILES string of the molecule is CCc1cc(CC)c2ccc(-c3cc(C)cc(C)c3)nc2c1. The second-order valence-corrected chi connectivity index (χ2v) is 6.10. The predicted molar refractivity (Wildman–Crippen MR) is 95.4 cm³/mol. The maximum absolute atomic E-state index is 4.94. The molecule has 0 fully saturated rings. The number of nitrogens with zero attached hydrogens (tertiary/aromatic N) is 1. The van der Waals surface area contributed by atoms with E-state index < -0.39 is 0 Å². The molecule has 0 radical (unpaired) electrons. The smallest absolute Gasteiger partial charge is 0.0715 e. The number of hydrogen-bond donors (Lipinski definition) is 0. The van der Waals surface area contributed by atoms with Crippen LogP contribution in [0, 0.1) is 13.8 Å². The van der Waals surface area contributed by atoms with Gasteiger partial charge in [-0.3, -0.25) is 0 Å². The molecule has 22 heavy (non-hydrogen) atoms. The Hall–Kier alpha value is -2.15. The van der Waals surface area contributed by atoms with Crippen LogP contribution in [-0.2, 0) is 12.8 Å². The zero-order chi connectivity index (χ0) is 15.7. The van der Waals surface area contributed by atoms with Gasteiger partial charge in [0.15, 0.2) is 0 Å². The Labute approximate surface area is 133 Å². The molecule has 0 saturated heterocycles. The number of fused-ring (bicyclic) bond motifs is 1. The van der Waals surface area contributed by atoms with Gasteiger partial charge in [-0.15, -0.1) is 0 Å². The fourth-order valence-electron chi connectivity index (χ4n) is 3.16. The van der Waals surface area contributed by atoms with Gasteiger partial charge in [0.05, 0.1) is 11.2 Å². The first kappa shape index (κ1) is 14.8. The van der Waals surface area contributed by atoms with Gasteiger partial charge in [-0.2, -0.15) is 0 Å². The fourth-order valence-corrected chi connectivity index (χ4v) is 3.16. The lowest BCUT2D eigenvalue weighted by atomic mass is 9.99. The van der Waals surface area contributed by atoms with E-state index in [1.165, 1.54) is 33.2 Å². The highest BCUT2D eigenvalue weighted by Crippen LogP contribution is 2.26. The maximum Gasteiger partial charge on any atom is 0.0715 e. The lowest BCUT2D eigenvalue weighted by Gasteiger charge is -2.10. The van der Waals surface area contributed by atoms with Gasteiger partial charge in [-0.05, 0) is 62.1 Å². The Morgan fingerprint density at radius 1 is 0.818 bits per heavy atom. The molecule has 0 amide bonds. The highest BCUT2D eigenvalue weighted by atomic mass is 14.7. The van der Waals surface area contributed by atoms with E-state index in [0.29, 0.717) is 0 Å². The summed E-state index contributed by atoms with van der Waals surface area (Å²) in [4.78, 5) is 4.94. The van der Waals surface area contributed by atoms with Crippen LogP contribution in [-0.4, -0.2) is 4.98 Å². The summed E-state index contributed by atoms with van der Waals surface area (Å²) >= 11 is 0. The number of pyridine rings is 1. The fraction of sp³-hybridized carbons (Fsp3) is 0.286. The van der Waals surface area contributed by atoms with Crippen molar-refractivity contribution in [3.63, 3.8) is 0 Å². The monoisotopic (exact) mass is 289 g/mol. The number of aryl methyl sites for hydroxylation is 4. The molecule has 0 aliphatic rings. The van der Waals surface area contributed by atoms with Crippen molar-refractivity contribution in [2.45, 2.75) is 40.5 Å². The van der Waals surface area contributed by atoms with Crippen molar-refractivity contribution in [1.82, 2.24) is 4.98 Å². The molecule has 1 heterocycles. The Balaban J connectivity index is 2.20. The summed E-state index contributed by atoms with van der Waals surface area (Å²) in [6.07, 6.45) is 2.10. The van der Waals surface area contributed by atoms with Crippen LogP contribution in [0.5, 0.6) is 0 Å². The van der Waals surface area contributed by atoms with Crippen molar-refractivity contribution in [2.24, 2.45) is 0 Å². The van der Waals surface area contributed by atoms with E-state index in [1.807, 2.05) is 0 Å². The summed E-state index contributed by atoms with van der Waals surface area (Å²) in [5.41, 5.74) is 8.73. The number of aromatic nitrogens is 1. The van der Waals surface area contributed by atoms with Crippen molar-refractivity contribution in [3.05, 3.63) is 64.7 Å². The van der Waals surface area contributed by atoms with Crippen LogP contribution in [0.25, 0.3) is 22.2 Å². The third kappa shape index (κ3) is 2.76. The standard InChI is InChI=1S/C21H23N/c1-5-16-12-17(6-2)19-7-8-20(22-21(19)13-16)18-10-14(3)9-15(4)11-18/h7-13H,5-6H2,1-4H3. The molecule has 0 aliphatic heterocycles. The van der Waals surface area contributed by atoms with Crippen molar-refractivity contribution >= 4 is 10.9 Å². The van der Waals surface area contributed by atoms with Crippen molar-refractivity contribution in [3.8, 4) is 11.3 Å². The summed E-state index contributed by atoms with van der Waals surface area (Å²) in [7, 11) is 0. The first-order chi connectivity index (χ1) is 10.6. The highest BCUT2D eigenvalue weighted by molar-refractivity contribution is 5.85. The number of hydrogen-bond acceptors (Lipinski definition) is 1. The Morgan fingerprint density at radius 2 is 1.55 bits per heavy atom. The van der Waals surface area contributed by atoms with Crippen LogP contribution in [0.3, 0.4) is 0 Å². The van der Waals surface area contributed by atoms with Crippen molar-refractivity contribution < 1.29 is 0 Å². The molecule has 1 nitrogen and oxygen atoms in total. The van der Waals surface area contributed by atoms with Crippen LogP contribution >= 0.6 is 0 Å². The predicted octanol–water partition coefficient (Wildman–Crippen LogP) is 5.64. The topological polar surface area (TPSA) is 12.9 Å². The van der Waals surface area contributed by atoms with E-state index >= 15 is 0 Å². The molecule has 0 spiro atoms. The zero-order valence-corrected chi connectivity index (χ0v) is 13.9. The molecule has 0 unspecified atom stereocenters. The molecule has 0 N–H and O–H groups in total. The normalized spacial score (nSPS) is 11.1. The van der Waals surface area contributed by atoms with Crippen molar-refractivity contribution in [1.29, 1.82) is 0 Å². The van der Waals surface area contributed by atoms with Gasteiger partial charge in [0.25, 0.3) is 0 Å². The number of benzene rings is 2. The zero-order valence-electron chi connectivity index (χ0n) is 13.9. The molecule has 0 atom stereocenters. The summed E-state index contributed by atoms with van der Waals surface area (Å²) in [5, 5.41) is 1.29. The molecule has 0 aliphatic carbocycles. The lowest BCUT2D eigenvalue weighted by Crippen LogP contribution is -1.93. The Bertz CT molecular complexity index is 810. The maximum atomic E-state index is 4.94. The van der Waals surface area contributed by atoms with E-state index in [2.05, 4.69) is 70.2 Å². The van der Waals surface area contributed by atoms with E-state index in [0.717, 1.165) is 24.1 Å². The van der Waals surface area contributed by atoms with E-state index in [9.17, 15) is 0 Å². The molecule has 0 saturated carbocycles. The highest BCUT2D eigenvalue weighted by Gasteiger charge is 2.07. The second-order valence-electron chi connectivity index (χ2n) is 6.10. The van der Waals surface area contributed by atoms with E-state index in [1.54, 1.807) is 0 Å². The minimum Gasteiger partial charge on any atom is -0.248 e. The van der Waals surface area contributed by atoms with Crippen LogP contribution in [0.15, 0.2) is 42.5 Å². The Kier molecular flexibility index (Phi) is 3.98. The summed E-state index contributed by atoms with van der Waals surface area (Å²) in [6, 6.07) is 15.6. The van der Waals surface area contributed by atoms with Gasteiger partial charge in [0, 0.05) is 10.9 Å². The van der Waals surface area contributed by atoms with Crippen molar-refractivity contribution in [2.75, 3.05) is 0 Å². The third-order valence-electron chi connectivity index (χ3n) is 4.26. The Morgan fingerprint density at radius 3 is 2.18 bits per heavy atom. The largest absolute Gasteiger partial charge is 0.248 e. The first-order valence-electron chi connectivity index (χ1n) is 8.12. The minimum atomic E-state index is 1.05. The average Bonchev–Trinajstić information content (AvgIpc) is 2.52. The van der Waals surface area contributed by atoms with Gasteiger partial charge >= 0.3 is 0 Å². The summed E-state index contributed by atoms with van der Waals surface area (Å²) in [6.45, 7) is 8.70. The molecular weight excluding hydrogens is 266 g/mol. The molecule has 112 valence electrons. The average molecular weight is 289 g/mol. The summed E-state index contributed by atoms with van der Waals surface area (Å²) < 4.78 is 0. The van der Waals surface area contributed by atoms with Gasteiger partial charge < -0.3 is 0 Å².